The van der Waals surface area contributed by atoms with Crippen molar-refractivity contribution < 1.29 is 9.13 Å². The number of anilines is 1. The average molecular weight is 275 g/mol. The smallest absolute Gasteiger partial charge is 0.218 e. The summed E-state index contributed by atoms with van der Waals surface area (Å²) < 4.78 is 18.2. The summed E-state index contributed by atoms with van der Waals surface area (Å²) in [5, 5.41) is 3.28. The zero-order valence-electron chi connectivity index (χ0n) is 11.6. The van der Waals surface area contributed by atoms with E-state index in [1.54, 1.807) is 18.2 Å². The third kappa shape index (κ3) is 4.19. The fraction of sp³-hybridized carbons (Fsp3) is 0.333. The molecular weight excluding hydrogens is 257 g/mol. The zero-order chi connectivity index (χ0) is 14.4. The average Bonchev–Trinajstić information content (AvgIpc) is 2.42. The van der Waals surface area contributed by atoms with Gasteiger partial charge < -0.3 is 10.1 Å². The molecule has 0 fully saturated rings. The summed E-state index contributed by atoms with van der Waals surface area (Å²) in [6, 6.07) is 8.47. The maximum atomic E-state index is 12.8. The third-order valence-corrected chi connectivity index (χ3v) is 2.78. The number of benzene rings is 1. The predicted octanol–water partition coefficient (Wildman–Crippen LogP) is 3.06. The summed E-state index contributed by atoms with van der Waals surface area (Å²) in [5.74, 6) is 1.06. The Kier molecular flexibility index (Phi) is 4.87. The minimum atomic E-state index is -0.216. The van der Waals surface area contributed by atoms with E-state index in [-0.39, 0.29) is 11.9 Å². The number of nitrogens with one attached hydrogen (secondary N) is 1. The molecular formula is C15H18FN3O. The van der Waals surface area contributed by atoms with Crippen LogP contribution in [0, 0.1) is 5.82 Å². The van der Waals surface area contributed by atoms with Crippen LogP contribution >= 0.6 is 0 Å². The molecule has 2 aromatic rings. The predicted molar refractivity (Wildman–Crippen MR) is 76.4 cm³/mol. The molecule has 0 amide bonds. The van der Waals surface area contributed by atoms with Crippen molar-refractivity contribution in [1.29, 1.82) is 0 Å². The minimum Gasteiger partial charge on any atom is -0.478 e. The summed E-state index contributed by atoms with van der Waals surface area (Å²) in [7, 11) is 0. The highest BCUT2D eigenvalue weighted by atomic mass is 19.1. The molecule has 0 bridgehead atoms. The first-order valence-electron chi connectivity index (χ1n) is 6.63. The molecule has 2 rings (SSSR count). The second kappa shape index (κ2) is 6.84. The number of hydrogen-bond acceptors (Lipinski definition) is 4. The van der Waals surface area contributed by atoms with Crippen LogP contribution < -0.4 is 10.1 Å². The Balaban J connectivity index is 1.95. The van der Waals surface area contributed by atoms with Crippen LogP contribution in [0.25, 0.3) is 0 Å². The molecule has 20 heavy (non-hydrogen) atoms. The van der Waals surface area contributed by atoms with Gasteiger partial charge in [0, 0.05) is 12.1 Å². The molecule has 1 heterocycles. The summed E-state index contributed by atoms with van der Waals surface area (Å²) in [5.41, 5.74) is 1.07. The zero-order valence-corrected chi connectivity index (χ0v) is 11.6. The van der Waals surface area contributed by atoms with Gasteiger partial charge in [-0.05, 0) is 38.0 Å². The number of halogens is 1. The monoisotopic (exact) mass is 275 g/mol. The lowest BCUT2D eigenvalue weighted by Crippen LogP contribution is -2.19. The molecule has 0 spiro atoms. The molecule has 0 aliphatic carbocycles. The summed E-state index contributed by atoms with van der Waals surface area (Å²) in [6.45, 7) is 4.53. The Morgan fingerprint density at radius 3 is 2.70 bits per heavy atom. The van der Waals surface area contributed by atoms with Crippen LogP contribution in [0.1, 0.15) is 19.4 Å². The van der Waals surface area contributed by atoms with E-state index in [0.29, 0.717) is 12.5 Å². The van der Waals surface area contributed by atoms with E-state index >= 15 is 0 Å². The van der Waals surface area contributed by atoms with Gasteiger partial charge in [-0.2, -0.15) is 0 Å². The number of hydrogen-bond donors (Lipinski definition) is 1. The molecule has 1 unspecified atom stereocenters. The molecule has 0 aliphatic rings. The normalized spacial score (nSPS) is 11.9. The van der Waals surface area contributed by atoms with Crippen molar-refractivity contribution in [1.82, 2.24) is 9.97 Å². The van der Waals surface area contributed by atoms with E-state index in [2.05, 4.69) is 15.3 Å². The molecule has 1 N–H and O–H groups in total. The van der Waals surface area contributed by atoms with Crippen molar-refractivity contribution in [3.63, 3.8) is 0 Å². The van der Waals surface area contributed by atoms with E-state index in [0.717, 1.165) is 17.8 Å². The standard InChI is InChI=1S/C15H18FN3O/c1-3-20-15-9-14(17-10-18-15)19-11(2)8-12-4-6-13(16)7-5-12/h4-7,9-11H,3,8H2,1-2H3,(H,17,18,19). The highest BCUT2D eigenvalue weighted by molar-refractivity contribution is 5.38. The van der Waals surface area contributed by atoms with Crippen LogP contribution in [0.3, 0.4) is 0 Å². The molecule has 0 aliphatic heterocycles. The molecule has 1 aromatic carbocycles. The van der Waals surface area contributed by atoms with Gasteiger partial charge in [0.1, 0.15) is 18.0 Å². The van der Waals surface area contributed by atoms with Crippen LogP contribution in [-0.2, 0) is 6.42 Å². The summed E-state index contributed by atoms with van der Waals surface area (Å²) in [6.07, 6.45) is 2.26. The number of ether oxygens (including phenoxy) is 1. The Bertz CT molecular complexity index is 545. The highest BCUT2D eigenvalue weighted by Gasteiger charge is 2.06. The van der Waals surface area contributed by atoms with Crippen LogP contribution in [0.5, 0.6) is 5.88 Å². The first-order valence-corrected chi connectivity index (χ1v) is 6.63. The van der Waals surface area contributed by atoms with Crippen molar-refractivity contribution in [2.75, 3.05) is 11.9 Å². The maximum Gasteiger partial charge on any atom is 0.218 e. The van der Waals surface area contributed by atoms with Crippen molar-refractivity contribution in [2.45, 2.75) is 26.3 Å². The molecule has 4 nitrogen and oxygen atoms in total. The molecule has 0 radical (unpaired) electrons. The highest BCUT2D eigenvalue weighted by Crippen LogP contribution is 2.13. The molecule has 0 saturated carbocycles. The van der Waals surface area contributed by atoms with Gasteiger partial charge in [0.05, 0.1) is 6.61 Å². The fourth-order valence-corrected chi connectivity index (χ4v) is 1.92. The topological polar surface area (TPSA) is 47.0 Å². The lowest BCUT2D eigenvalue weighted by atomic mass is 10.1. The van der Waals surface area contributed by atoms with Gasteiger partial charge in [-0.3, -0.25) is 0 Å². The van der Waals surface area contributed by atoms with Crippen molar-refractivity contribution in [3.05, 3.63) is 48.0 Å². The van der Waals surface area contributed by atoms with Crippen molar-refractivity contribution in [3.8, 4) is 5.88 Å². The lowest BCUT2D eigenvalue weighted by Gasteiger charge is -2.15. The first kappa shape index (κ1) is 14.2. The van der Waals surface area contributed by atoms with Gasteiger partial charge in [-0.15, -0.1) is 0 Å². The minimum absolute atomic E-state index is 0.171. The molecule has 5 heteroatoms. The Morgan fingerprint density at radius 2 is 2.00 bits per heavy atom. The number of rotatable bonds is 6. The van der Waals surface area contributed by atoms with Gasteiger partial charge >= 0.3 is 0 Å². The van der Waals surface area contributed by atoms with Gasteiger partial charge in [-0.1, -0.05) is 12.1 Å². The first-order chi connectivity index (χ1) is 9.67. The van der Waals surface area contributed by atoms with Crippen LogP contribution in [0.2, 0.25) is 0 Å². The quantitative estimate of drug-likeness (QED) is 0.880. The van der Waals surface area contributed by atoms with E-state index in [9.17, 15) is 4.39 Å². The van der Waals surface area contributed by atoms with Gasteiger partial charge in [-0.25, -0.2) is 14.4 Å². The van der Waals surface area contributed by atoms with E-state index in [4.69, 9.17) is 4.74 Å². The van der Waals surface area contributed by atoms with Crippen LogP contribution in [0.4, 0.5) is 10.2 Å². The van der Waals surface area contributed by atoms with Crippen LogP contribution in [0.15, 0.2) is 36.7 Å². The Hall–Kier alpha value is -2.17. The number of nitrogens with zero attached hydrogens (tertiary/aromatic N) is 2. The van der Waals surface area contributed by atoms with E-state index in [1.807, 2.05) is 13.8 Å². The third-order valence-electron chi connectivity index (χ3n) is 2.78. The van der Waals surface area contributed by atoms with E-state index in [1.165, 1.54) is 18.5 Å². The molecule has 1 atom stereocenters. The number of aromatic nitrogens is 2. The largest absolute Gasteiger partial charge is 0.478 e. The van der Waals surface area contributed by atoms with Gasteiger partial charge in [0.2, 0.25) is 5.88 Å². The van der Waals surface area contributed by atoms with E-state index < -0.39 is 0 Å². The SMILES string of the molecule is CCOc1cc(NC(C)Cc2ccc(F)cc2)ncn1. The lowest BCUT2D eigenvalue weighted by molar-refractivity contribution is 0.326. The Labute approximate surface area is 118 Å². The molecule has 106 valence electrons. The molecule has 0 saturated heterocycles. The van der Waals surface area contributed by atoms with Crippen molar-refractivity contribution >= 4 is 5.82 Å². The molecule has 1 aromatic heterocycles. The van der Waals surface area contributed by atoms with Crippen LogP contribution in [-0.4, -0.2) is 22.6 Å². The maximum absolute atomic E-state index is 12.8. The van der Waals surface area contributed by atoms with Crippen molar-refractivity contribution in [2.24, 2.45) is 0 Å². The Morgan fingerprint density at radius 1 is 1.25 bits per heavy atom. The summed E-state index contributed by atoms with van der Waals surface area (Å²) in [4.78, 5) is 8.17. The van der Waals surface area contributed by atoms with Gasteiger partial charge in [0.25, 0.3) is 0 Å². The fourth-order valence-electron chi connectivity index (χ4n) is 1.92. The second-order valence-corrected chi connectivity index (χ2v) is 4.55. The second-order valence-electron chi connectivity index (χ2n) is 4.55. The van der Waals surface area contributed by atoms with Gasteiger partial charge in [0.15, 0.2) is 0 Å². The summed E-state index contributed by atoms with van der Waals surface area (Å²) >= 11 is 0.